The Kier molecular flexibility index (Phi) is 3.93. The summed E-state index contributed by atoms with van der Waals surface area (Å²) in [6.45, 7) is 1.30. The Morgan fingerprint density at radius 2 is 2.16 bits per heavy atom. The topological polar surface area (TPSA) is 109 Å². The van der Waals surface area contributed by atoms with E-state index in [1.54, 1.807) is 0 Å². The molecule has 25 heavy (non-hydrogen) atoms. The Labute approximate surface area is 142 Å². The molecular formula is C17H13FN4O3. The number of nitrogens with one attached hydrogen (secondary N) is 1. The molecule has 3 rings (SSSR count). The fourth-order valence-electron chi connectivity index (χ4n) is 2.51. The molecule has 1 aliphatic rings. The molecule has 7 nitrogen and oxygen atoms in total. The molecule has 8 heteroatoms. The maximum absolute atomic E-state index is 13.8. The van der Waals surface area contributed by atoms with Crippen LogP contribution in [0, 0.1) is 34.2 Å². The number of benzene rings is 1. The van der Waals surface area contributed by atoms with Crippen molar-refractivity contribution in [3.63, 3.8) is 0 Å². The summed E-state index contributed by atoms with van der Waals surface area (Å²) in [5, 5.41) is 22.6. The molecule has 0 saturated heterocycles. The summed E-state index contributed by atoms with van der Waals surface area (Å²) in [6, 6.07) is 7.32. The maximum atomic E-state index is 13.8. The van der Waals surface area contributed by atoms with Crippen molar-refractivity contribution in [1.82, 2.24) is 4.98 Å². The van der Waals surface area contributed by atoms with Gasteiger partial charge in [-0.15, -0.1) is 0 Å². The van der Waals surface area contributed by atoms with Gasteiger partial charge in [0, 0.05) is 17.8 Å². The monoisotopic (exact) mass is 340 g/mol. The lowest BCUT2D eigenvalue weighted by molar-refractivity contribution is -0.385. The number of halogens is 1. The van der Waals surface area contributed by atoms with Gasteiger partial charge in [0.25, 0.3) is 11.6 Å². The van der Waals surface area contributed by atoms with Crippen LogP contribution in [0.3, 0.4) is 0 Å². The van der Waals surface area contributed by atoms with Crippen LogP contribution in [-0.2, 0) is 5.41 Å². The Hall–Kier alpha value is -3.34. The van der Waals surface area contributed by atoms with Crippen LogP contribution in [-0.4, -0.2) is 15.8 Å². The van der Waals surface area contributed by atoms with E-state index in [0.717, 1.165) is 12.1 Å². The summed E-state index contributed by atoms with van der Waals surface area (Å²) < 4.78 is 13.8. The molecule has 1 N–H and O–H groups in total. The standard InChI is InChI=1S/C17H13FN4O3/c1-10-13(18)7-12(8-14(10)22(24)25)21-16(23)11-2-5-20-15(6-11)17(9-19)3-4-17/h2,5-8H,3-4H2,1H3,(H,21,23). The minimum atomic E-state index is -0.777. The van der Waals surface area contributed by atoms with Gasteiger partial charge in [-0.25, -0.2) is 4.39 Å². The van der Waals surface area contributed by atoms with Crippen molar-refractivity contribution in [3.05, 3.63) is 63.2 Å². The summed E-state index contributed by atoms with van der Waals surface area (Å²) in [7, 11) is 0. The first-order valence-corrected chi connectivity index (χ1v) is 7.50. The molecular weight excluding hydrogens is 327 g/mol. The van der Waals surface area contributed by atoms with Gasteiger partial charge in [0.2, 0.25) is 0 Å². The zero-order valence-electron chi connectivity index (χ0n) is 13.2. The third-order valence-corrected chi connectivity index (χ3v) is 4.25. The van der Waals surface area contributed by atoms with E-state index in [1.807, 2.05) is 0 Å². The average molecular weight is 340 g/mol. The van der Waals surface area contributed by atoms with E-state index in [4.69, 9.17) is 0 Å². The van der Waals surface area contributed by atoms with Gasteiger partial charge < -0.3 is 5.32 Å². The van der Waals surface area contributed by atoms with Crippen LogP contribution in [0.15, 0.2) is 30.5 Å². The van der Waals surface area contributed by atoms with Crippen LogP contribution >= 0.6 is 0 Å². The quantitative estimate of drug-likeness (QED) is 0.679. The van der Waals surface area contributed by atoms with E-state index >= 15 is 0 Å². The van der Waals surface area contributed by atoms with Crippen LogP contribution in [0.5, 0.6) is 0 Å². The third-order valence-electron chi connectivity index (χ3n) is 4.25. The van der Waals surface area contributed by atoms with Crippen molar-refractivity contribution in [3.8, 4) is 6.07 Å². The predicted molar refractivity (Wildman–Crippen MR) is 86.5 cm³/mol. The van der Waals surface area contributed by atoms with Gasteiger partial charge >= 0.3 is 0 Å². The van der Waals surface area contributed by atoms with Crippen LogP contribution in [0.1, 0.15) is 34.5 Å². The summed E-state index contributed by atoms with van der Waals surface area (Å²) in [6.07, 6.45) is 2.81. The molecule has 1 amide bonds. The second-order valence-corrected chi connectivity index (χ2v) is 5.94. The van der Waals surface area contributed by atoms with Gasteiger partial charge in [0.05, 0.1) is 33.4 Å². The number of hydrogen-bond donors (Lipinski definition) is 1. The largest absolute Gasteiger partial charge is 0.322 e. The van der Waals surface area contributed by atoms with Crippen LogP contribution in [0.2, 0.25) is 0 Å². The lowest BCUT2D eigenvalue weighted by Gasteiger charge is -2.09. The number of nitro groups is 1. The number of hydrogen-bond acceptors (Lipinski definition) is 5. The van der Waals surface area contributed by atoms with Gasteiger partial charge in [-0.2, -0.15) is 5.26 Å². The van der Waals surface area contributed by atoms with E-state index in [1.165, 1.54) is 25.3 Å². The Morgan fingerprint density at radius 1 is 1.44 bits per heavy atom. The number of rotatable bonds is 4. The van der Waals surface area contributed by atoms with E-state index in [0.29, 0.717) is 18.5 Å². The number of amides is 1. The highest BCUT2D eigenvalue weighted by Crippen LogP contribution is 2.46. The highest BCUT2D eigenvalue weighted by atomic mass is 19.1. The summed E-state index contributed by atoms with van der Waals surface area (Å²) in [4.78, 5) is 26.8. The van der Waals surface area contributed by atoms with Crippen LogP contribution in [0.4, 0.5) is 15.8 Å². The Balaban J connectivity index is 1.88. The first-order valence-electron chi connectivity index (χ1n) is 7.50. The van der Waals surface area contributed by atoms with Crippen molar-refractivity contribution in [2.45, 2.75) is 25.2 Å². The van der Waals surface area contributed by atoms with E-state index in [9.17, 15) is 24.6 Å². The maximum Gasteiger partial charge on any atom is 0.277 e. The molecule has 0 spiro atoms. The number of nitro benzene ring substituents is 1. The van der Waals surface area contributed by atoms with Crippen molar-refractivity contribution in [2.75, 3.05) is 5.32 Å². The normalized spacial score (nSPS) is 14.4. The molecule has 0 radical (unpaired) electrons. The fourth-order valence-corrected chi connectivity index (χ4v) is 2.51. The van der Waals surface area contributed by atoms with Gasteiger partial charge in [-0.05, 0) is 38.0 Å². The van der Waals surface area contributed by atoms with Crippen molar-refractivity contribution in [2.24, 2.45) is 0 Å². The smallest absolute Gasteiger partial charge is 0.277 e. The molecule has 0 bridgehead atoms. The number of pyridine rings is 1. The fraction of sp³-hybridized carbons (Fsp3) is 0.235. The van der Waals surface area contributed by atoms with Crippen molar-refractivity contribution < 1.29 is 14.1 Å². The molecule has 2 aromatic rings. The minimum Gasteiger partial charge on any atom is -0.322 e. The summed E-state index contributed by atoms with van der Waals surface area (Å²) in [5.41, 5.74) is -0.394. The van der Waals surface area contributed by atoms with Gasteiger partial charge in [-0.1, -0.05) is 0 Å². The molecule has 0 unspecified atom stereocenters. The first kappa shape index (κ1) is 16.5. The lowest BCUT2D eigenvalue weighted by atomic mass is 10.0. The van der Waals surface area contributed by atoms with Gasteiger partial charge in [0.15, 0.2) is 0 Å². The number of nitriles is 1. The molecule has 0 aliphatic heterocycles. The van der Waals surface area contributed by atoms with Crippen molar-refractivity contribution >= 4 is 17.3 Å². The molecule has 1 aliphatic carbocycles. The van der Waals surface area contributed by atoms with Gasteiger partial charge in [-0.3, -0.25) is 19.9 Å². The molecule has 0 atom stereocenters. The molecule has 1 aromatic carbocycles. The zero-order chi connectivity index (χ0) is 18.2. The molecule has 1 fully saturated rings. The zero-order valence-corrected chi connectivity index (χ0v) is 13.2. The Bertz CT molecular complexity index is 932. The predicted octanol–water partition coefficient (Wildman–Crippen LogP) is 3.24. The van der Waals surface area contributed by atoms with E-state index in [2.05, 4.69) is 16.4 Å². The number of carbonyl (C=O) groups excluding carboxylic acids is 1. The molecule has 1 aromatic heterocycles. The Morgan fingerprint density at radius 3 is 2.76 bits per heavy atom. The van der Waals surface area contributed by atoms with Crippen LogP contribution in [0.25, 0.3) is 0 Å². The minimum absolute atomic E-state index is 0.0143. The second-order valence-electron chi connectivity index (χ2n) is 5.94. The van der Waals surface area contributed by atoms with Crippen molar-refractivity contribution in [1.29, 1.82) is 5.26 Å². The SMILES string of the molecule is Cc1c(F)cc(NC(=O)c2ccnc(C3(C#N)CC3)c2)cc1[N+](=O)[O-]. The van der Waals surface area contributed by atoms with Gasteiger partial charge in [0.1, 0.15) is 5.82 Å². The third kappa shape index (κ3) is 3.04. The molecule has 126 valence electrons. The summed E-state index contributed by atoms with van der Waals surface area (Å²) in [5.74, 6) is -1.34. The lowest BCUT2D eigenvalue weighted by Crippen LogP contribution is -2.15. The number of anilines is 1. The highest BCUT2D eigenvalue weighted by molar-refractivity contribution is 6.04. The number of nitrogens with zero attached hydrogens (tertiary/aromatic N) is 3. The van der Waals surface area contributed by atoms with Crippen LogP contribution < -0.4 is 5.32 Å². The summed E-state index contributed by atoms with van der Waals surface area (Å²) >= 11 is 0. The number of aromatic nitrogens is 1. The first-order chi connectivity index (χ1) is 11.9. The van der Waals surface area contributed by atoms with E-state index < -0.39 is 27.8 Å². The molecule has 1 heterocycles. The molecule has 1 saturated carbocycles. The number of carbonyl (C=O) groups is 1. The highest BCUT2D eigenvalue weighted by Gasteiger charge is 2.46. The average Bonchev–Trinajstić information content (AvgIpc) is 3.39. The van der Waals surface area contributed by atoms with E-state index in [-0.39, 0.29) is 16.8 Å². The second kappa shape index (κ2) is 5.94.